The largest absolute Gasteiger partial charge is 0.351 e. The van der Waals surface area contributed by atoms with Crippen molar-refractivity contribution >= 4 is 16.8 Å². The lowest BCUT2D eigenvalue weighted by Crippen LogP contribution is -2.32. The molecule has 0 atom stereocenters. The molecule has 0 unspecified atom stereocenters. The molecular formula is C25H25N5O2. The molecule has 0 radical (unpaired) electrons. The number of amides is 1. The van der Waals surface area contributed by atoms with Crippen LogP contribution in [-0.4, -0.2) is 39.0 Å². The summed E-state index contributed by atoms with van der Waals surface area (Å²) in [6.45, 7) is 3.29. The summed E-state index contributed by atoms with van der Waals surface area (Å²) in [6.07, 6.45) is 7.31. The van der Waals surface area contributed by atoms with E-state index >= 15 is 0 Å². The second-order valence-corrected chi connectivity index (χ2v) is 8.20. The SMILES string of the molecule is O=C(NCc1cccnc1)c1cc(C2CCN(Cc3ccnc4ccccc34)CC2)no1. The van der Waals surface area contributed by atoms with Crippen LogP contribution in [0.25, 0.3) is 10.9 Å². The number of hydrogen-bond donors (Lipinski definition) is 1. The molecule has 1 saturated heterocycles. The number of rotatable bonds is 6. The van der Waals surface area contributed by atoms with Gasteiger partial charge in [0, 0.05) is 49.1 Å². The Morgan fingerprint density at radius 3 is 2.81 bits per heavy atom. The summed E-state index contributed by atoms with van der Waals surface area (Å²) < 4.78 is 5.34. The molecule has 1 aliphatic heterocycles. The number of aromatic nitrogens is 3. The van der Waals surface area contributed by atoms with Crippen molar-refractivity contribution in [3.63, 3.8) is 0 Å². The van der Waals surface area contributed by atoms with Crippen molar-refractivity contribution in [3.8, 4) is 0 Å². The lowest BCUT2D eigenvalue weighted by molar-refractivity contribution is 0.0913. The fraction of sp³-hybridized carbons (Fsp3) is 0.280. The zero-order chi connectivity index (χ0) is 21.8. The van der Waals surface area contributed by atoms with Crippen molar-refractivity contribution in [1.82, 2.24) is 25.3 Å². The zero-order valence-electron chi connectivity index (χ0n) is 17.8. The van der Waals surface area contributed by atoms with Crippen LogP contribution < -0.4 is 5.32 Å². The Morgan fingerprint density at radius 1 is 1.09 bits per heavy atom. The summed E-state index contributed by atoms with van der Waals surface area (Å²) in [4.78, 5) is 23.4. The predicted octanol–water partition coefficient (Wildman–Crippen LogP) is 3.93. The van der Waals surface area contributed by atoms with Crippen LogP contribution in [0.1, 0.15) is 46.1 Å². The fourth-order valence-electron chi connectivity index (χ4n) is 4.28. The number of nitrogens with zero attached hydrogens (tertiary/aromatic N) is 4. The average molecular weight is 428 g/mol. The summed E-state index contributed by atoms with van der Waals surface area (Å²) in [6, 6.07) is 15.9. The minimum absolute atomic E-state index is 0.255. The van der Waals surface area contributed by atoms with Gasteiger partial charge in [-0.15, -0.1) is 0 Å². The maximum atomic E-state index is 12.4. The Balaban J connectivity index is 1.16. The standard InChI is InChI=1S/C25H25N5O2/c31-25(28-16-18-4-3-10-26-15-18)24-14-23(29-32-24)19-8-12-30(13-9-19)17-20-7-11-27-22-6-2-1-5-21(20)22/h1-7,10-11,14-15,19H,8-9,12-13,16-17H2,(H,28,31). The molecule has 0 bridgehead atoms. The molecule has 7 nitrogen and oxygen atoms in total. The van der Waals surface area contributed by atoms with Crippen molar-refractivity contribution < 1.29 is 9.32 Å². The van der Waals surface area contributed by atoms with E-state index in [2.05, 4.69) is 49.6 Å². The van der Waals surface area contributed by atoms with Gasteiger partial charge in [0.2, 0.25) is 5.76 Å². The fourth-order valence-corrected chi connectivity index (χ4v) is 4.28. The van der Waals surface area contributed by atoms with Crippen molar-refractivity contribution in [2.45, 2.75) is 31.8 Å². The molecule has 32 heavy (non-hydrogen) atoms. The van der Waals surface area contributed by atoms with Gasteiger partial charge in [-0.3, -0.25) is 19.7 Å². The Kier molecular flexibility index (Phi) is 5.89. The number of carbonyl (C=O) groups is 1. The van der Waals surface area contributed by atoms with E-state index in [1.165, 1.54) is 10.9 Å². The average Bonchev–Trinajstić information content (AvgIpc) is 3.34. The number of likely N-dealkylation sites (tertiary alicyclic amines) is 1. The van der Waals surface area contributed by atoms with Crippen LogP contribution in [0.3, 0.4) is 0 Å². The Bertz CT molecular complexity index is 1190. The second kappa shape index (κ2) is 9.28. The summed E-state index contributed by atoms with van der Waals surface area (Å²) >= 11 is 0. The van der Waals surface area contributed by atoms with E-state index in [1.807, 2.05) is 24.4 Å². The van der Waals surface area contributed by atoms with Crippen LogP contribution in [0.15, 0.2) is 71.6 Å². The first-order valence-corrected chi connectivity index (χ1v) is 10.9. The number of carbonyl (C=O) groups excluding carboxylic acids is 1. The molecule has 3 aromatic heterocycles. The minimum atomic E-state index is -0.255. The third-order valence-corrected chi connectivity index (χ3v) is 6.07. The Hall–Kier alpha value is -3.58. The number of nitrogens with one attached hydrogen (secondary N) is 1. The van der Waals surface area contributed by atoms with E-state index in [1.54, 1.807) is 18.5 Å². The maximum absolute atomic E-state index is 12.4. The summed E-state index contributed by atoms with van der Waals surface area (Å²) in [5.74, 6) is 0.313. The van der Waals surface area contributed by atoms with Crippen molar-refractivity contribution in [2.24, 2.45) is 0 Å². The van der Waals surface area contributed by atoms with Gasteiger partial charge >= 0.3 is 0 Å². The Morgan fingerprint density at radius 2 is 1.97 bits per heavy atom. The molecule has 0 saturated carbocycles. The molecule has 1 N–H and O–H groups in total. The molecule has 1 amide bonds. The molecule has 1 fully saturated rings. The van der Waals surface area contributed by atoms with E-state index in [0.29, 0.717) is 12.5 Å². The van der Waals surface area contributed by atoms with Gasteiger partial charge in [-0.25, -0.2) is 0 Å². The quantitative estimate of drug-likeness (QED) is 0.502. The number of benzene rings is 1. The van der Waals surface area contributed by atoms with Gasteiger partial charge in [-0.05, 0) is 55.3 Å². The minimum Gasteiger partial charge on any atom is -0.351 e. The molecule has 4 heterocycles. The van der Waals surface area contributed by atoms with E-state index < -0.39 is 0 Å². The highest BCUT2D eigenvalue weighted by atomic mass is 16.5. The first-order valence-electron chi connectivity index (χ1n) is 10.9. The highest BCUT2D eigenvalue weighted by Gasteiger charge is 2.25. The van der Waals surface area contributed by atoms with E-state index in [4.69, 9.17) is 4.52 Å². The maximum Gasteiger partial charge on any atom is 0.290 e. The molecular weight excluding hydrogens is 402 g/mol. The van der Waals surface area contributed by atoms with E-state index in [0.717, 1.165) is 49.2 Å². The van der Waals surface area contributed by atoms with E-state index in [-0.39, 0.29) is 11.7 Å². The normalized spacial score (nSPS) is 15.1. The third-order valence-electron chi connectivity index (χ3n) is 6.07. The highest BCUT2D eigenvalue weighted by molar-refractivity contribution is 5.91. The van der Waals surface area contributed by atoms with Crippen LogP contribution in [-0.2, 0) is 13.1 Å². The second-order valence-electron chi connectivity index (χ2n) is 8.20. The van der Waals surface area contributed by atoms with Crippen molar-refractivity contribution in [1.29, 1.82) is 0 Å². The van der Waals surface area contributed by atoms with Crippen LogP contribution in [0, 0.1) is 0 Å². The molecule has 1 aromatic carbocycles. The number of fused-ring (bicyclic) bond motifs is 1. The van der Waals surface area contributed by atoms with Gasteiger partial charge in [-0.1, -0.05) is 29.4 Å². The molecule has 1 aliphatic rings. The molecule has 162 valence electrons. The van der Waals surface area contributed by atoms with E-state index in [9.17, 15) is 4.79 Å². The molecule has 4 aromatic rings. The zero-order valence-corrected chi connectivity index (χ0v) is 17.8. The van der Waals surface area contributed by atoms with Gasteiger partial charge in [-0.2, -0.15) is 0 Å². The number of para-hydroxylation sites is 1. The lowest BCUT2D eigenvalue weighted by Gasteiger charge is -2.31. The number of piperidine rings is 1. The van der Waals surface area contributed by atoms with Gasteiger partial charge in [0.05, 0.1) is 11.2 Å². The highest BCUT2D eigenvalue weighted by Crippen LogP contribution is 2.29. The van der Waals surface area contributed by atoms with Gasteiger partial charge in [0.1, 0.15) is 0 Å². The summed E-state index contributed by atoms with van der Waals surface area (Å²) in [5.41, 5.74) is 4.15. The molecule has 5 rings (SSSR count). The molecule has 0 aliphatic carbocycles. The van der Waals surface area contributed by atoms with Crippen LogP contribution in [0.4, 0.5) is 0 Å². The van der Waals surface area contributed by atoms with Gasteiger partial charge < -0.3 is 9.84 Å². The monoisotopic (exact) mass is 427 g/mol. The van der Waals surface area contributed by atoms with Crippen LogP contribution in [0.5, 0.6) is 0 Å². The topological polar surface area (TPSA) is 84.2 Å². The first-order chi connectivity index (χ1) is 15.8. The summed E-state index contributed by atoms with van der Waals surface area (Å²) in [7, 11) is 0. The smallest absolute Gasteiger partial charge is 0.290 e. The third kappa shape index (κ3) is 4.53. The molecule has 7 heteroatoms. The Labute approximate surface area is 186 Å². The number of hydrogen-bond acceptors (Lipinski definition) is 6. The van der Waals surface area contributed by atoms with Crippen LogP contribution in [0.2, 0.25) is 0 Å². The lowest BCUT2D eigenvalue weighted by atomic mass is 9.93. The first kappa shape index (κ1) is 20.3. The number of pyridine rings is 2. The van der Waals surface area contributed by atoms with Crippen molar-refractivity contribution in [2.75, 3.05) is 13.1 Å². The summed E-state index contributed by atoms with van der Waals surface area (Å²) in [5, 5.41) is 8.26. The van der Waals surface area contributed by atoms with Gasteiger partial charge in [0.15, 0.2) is 0 Å². The van der Waals surface area contributed by atoms with Crippen LogP contribution >= 0.6 is 0 Å². The predicted molar refractivity (Wildman–Crippen MR) is 121 cm³/mol. The van der Waals surface area contributed by atoms with Gasteiger partial charge in [0.25, 0.3) is 5.91 Å². The van der Waals surface area contributed by atoms with Crippen molar-refractivity contribution in [3.05, 3.63) is 89.7 Å². The molecule has 0 spiro atoms.